The van der Waals surface area contributed by atoms with Gasteiger partial charge >= 0.3 is 6.18 Å². The Bertz CT molecular complexity index is 1240. The first-order chi connectivity index (χ1) is 15.7. The highest BCUT2D eigenvalue weighted by molar-refractivity contribution is 6.09. The Hall–Kier alpha value is -4.12. The van der Waals surface area contributed by atoms with E-state index < -0.39 is 17.6 Å². The van der Waals surface area contributed by atoms with Crippen LogP contribution in [0, 0.1) is 17.1 Å². The average Bonchev–Trinajstić information content (AvgIpc) is 2.79. The summed E-state index contributed by atoms with van der Waals surface area (Å²) in [4.78, 5) is 12.5. The predicted octanol–water partition coefficient (Wildman–Crippen LogP) is 5.99. The highest BCUT2D eigenvalue weighted by atomic mass is 19.4. The molecule has 0 saturated carbocycles. The van der Waals surface area contributed by atoms with Gasteiger partial charge in [0, 0.05) is 12.1 Å². The molecule has 3 aromatic carbocycles. The normalized spacial score (nSPS) is 11.6. The molecule has 0 heterocycles. The maximum Gasteiger partial charge on any atom is 0.416 e. The highest BCUT2D eigenvalue weighted by Crippen LogP contribution is 2.31. The first-order valence-corrected chi connectivity index (χ1v) is 9.72. The van der Waals surface area contributed by atoms with E-state index in [-0.39, 0.29) is 23.5 Å². The Morgan fingerprint density at radius 3 is 2.48 bits per heavy atom. The van der Waals surface area contributed by atoms with Gasteiger partial charge in [0.25, 0.3) is 5.91 Å². The Morgan fingerprint density at radius 1 is 1.06 bits per heavy atom. The van der Waals surface area contributed by atoms with Gasteiger partial charge in [0.2, 0.25) is 0 Å². The molecule has 0 aliphatic carbocycles. The molecule has 0 fully saturated rings. The van der Waals surface area contributed by atoms with Gasteiger partial charge in [-0.25, -0.2) is 4.39 Å². The fourth-order valence-electron chi connectivity index (χ4n) is 3.13. The number of rotatable bonds is 6. The van der Waals surface area contributed by atoms with Crippen molar-refractivity contribution >= 4 is 17.7 Å². The molecule has 0 unspecified atom stereocenters. The third-order valence-corrected chi connectivity index (χ3v) is 4.77. The Balaban J connectivity index is 1.82. The number of alkyl halides is 3. The molecule has 0 bridgehead atoms. The molecule has 0 aliphatic heterocycles. The highest BCUT2D eigenvalue weighted by Gasteiger charge is 2.30. The van der Waals surface area contributed by atoms with Crippen LogP contribution in [0.25, 0.3) is 6.08 Å². The van der Waals surface area contributed by atoms with Crippen LogP contribution in [0.15, 0.2) is 72.3 Å². The second kappa shape index (κ2) is 10.0. The van der Waals surface area contributed by atoms with Gasteiger partial charge in [-0.1, -0.05) is 36.4 Å². The van der Waals surface area contributed by atoms with Crippen LogP contribution in [0.1, 0.15) is 22.3 Å². The third-order valence-electron chi connectivity index (χ3n) is 4.77. The van der Waals surface area contributed by atoms with E-state index >= 15 is 0 Å². The van der Waals surface area contributed by atoms with Crippen molar-refractivity contribution < 1.29 is 27.1 Å². The van der Waals surface area contributed by atoms with Crippen LogP contribution in [0.5, 0.6) is 5.75 Å². The van der Waals surface area contributed by atoms with Gasteiger partial charge < -0.3 is 10.1 Å². The van der Waals surface area contributed by atoms with E-state index in [1.54, 1.807) is 42.5 Å². The first-order valence-electron chi connectivity index (χ1n) is 9.72. The maximum atomic E-state index is 14.0. The van der Waals surface area contributed by atoms with Gasteiger partial charge in [-0.15, -0.1) is 0 Å². The lowest BCUT2D eigenvalue weighted by atomic mass is 10.0. The summed E-state index contributed by atoms with van der Waals surface area (Å²) >= 11 is 0. The SMILES string of the molecule is COc1cc(/C=C(\C#N)C(=O)Nc2cccc(C(F)(F)F)c2)ccc1Cc1ccccc1F. The molecule has 0 radical (unpaired) electrons. The molecular formula is C25H18F4N2O2. The molecule has 33 heavy (non-hydrogen) atoms. The molecule has 0 atom stereocenters. The standard InChI is InChI=1S/C25H18F4N2O2/c1-33-23-12-16(9-10-18(23)13-17-5-2-3-8-22(17)26)11-19(15-30)24(32)31-21-7-4-6-20(14-21)25(27,28)29/h2-12,14H,13H2,1H3,(H,31,32)/b19-11+. The topological polar surface area (TPSA) is 62.1 Å². The number of hydrogen-bond donors (Lipinski definition) is 1. The molecule has 8 heteroatoms. The van der Waals surface area contributed by atoms with Crippen LogP contribution in [0.4, 0.5) is 23.2 Å². The number of nitrogens with zero attached hydrogens (tertiary/aromatic N) is 1. The van der Waals surface area contributed by atoms with Gasteiger partial charge in [0.05, 0.1) is 12.7 Å². The number of methoxy groups -OCH3 is 1. The van der Waals surface area contributed by atoms with Crippen LogP contribution in [-0.4, -0.2) is 13.0 Å². The van der Waals surface area contributed by atoms with Gasteiger partial charge in [-0.2, -0.15) is 18.4 Å². The van der Waals surface area contributed by atoms with E-state index in [1.165, 1.54) is 25.3 Å². The average molecular weight is 454 g/mol. The lowest BCUT2D eigenvalue weighted by Crippen LogP contribution is -2.14. The van der Waals surface area contributed by atoms with Crippen LogP contribution >= 0.6 is 0 Å². The van der Waals surface area contributed by atoms with Crippen LogP contribution < -0.4 is 10.1 Å². The number of halogens is 4. The monoisotopic (exact) mass is 454 g/mol. The van der Waals surface area contributed by atoms with E-state index in [0.29, 0.717) is 22.4 Å². The molecule has 0 aliphatic rings. The summed E-state index contributed by atoms with van der Waals surface area (Å²) in [6.45, 7) is 0. The minimum Gasteiger partial charge on any atom is -0.496 e. The van der Waals surface area contributed by atoms with E-state index in [9.17, 15) is 27.6 Å². The van der Waals surface area contributed by atoms with E-state index in [1.807, 2.05) is 0 Å². The van der Waals surface area contributed by atoms with Crippen molar-refractivity contribution in [2.24, 2.45) is 0 Å². The zero-order chi connectivity index (χ0) is 24.0. The Kier molecular flexibility index (Phi) is 7.13. The number of benzene rings is 3. The molecule has 3 aromatic rings. The Morgan fingerprint density at radius 2 is 1.82 bits per heavy atom. The summed E-state index contributed by atoms with van der Waals surface area (Å²) in [5.41, 5.74) is 0.326. The molecule has 0 spiro atoms. The number of hydrogen-bond acceptors (Lipinski definition) is 3. The van der Waals surface area contributed by atoms with Gasteiger partial charge in [0.15, 0.2) is 0 Å². The van der Waals surface area contributed by atoms with Gasteiger partial charge in [0.1, 0.15) is 23.2 Å². The van der Waals surface area contributed by atoms with Crippen molar-refractivity contribution in [3.8, 4) is 11.8 Å². The van der Waals surface area contributed by atoms with E-state index in [4.69, 9.17) is 4.74 Å². The maximum absolute atomic E-state index is 14.0. The van der Waals surface area contributed by atoms with Crippen molar-refractivity contribution in [3.05, 3.63) is 100 Å². The first kappa shape index (κ1) is 23.5. The number of amides is 1. The zero-order valence-corrected chi connectivity index (χ0v) is 17.4. The second-order valence-electron chi connectivity index (χ2n) is 7.04. The number of anilines is 1. The number of carbonyl (C=O) groups is 1. The van der Waals surface area contributed by atoms with Crippen molar-refractivity contribution in [1.82, 2.24) is 0 Å². The number of carbonyl (C=O) groups excluding carboxylic acids is 1. The smallest absolute Gasteiger partial charge is 0.416 e. The van der Waals surface area contributed by atoms with Gasteiger partial charge in [-0.05, 0) is 53.1 Å². The van der Waals surface area contributed by atoms with Crippen molar-refractivity contribution in [3.63, 3.8) is 0 Å². The molecular weight excluding hydrogens is 436 g/mol. The number of ether oxygens (including phenoxy) is 1. The number of nitriles is 1. The van der Waals surface area contributed by atoms with E-state index in [0.717, 1.165) is 18.2 Å². The summed E-state index contributed by atoms with van der Waals surface area (Å²) in [6, 6.07) is 17.1. The number of nitrogens with one attached hydrogen (secondary N) is 1. The summed E-state index contributed by atoms with van der Waals surface area (Å²) in [5.74, 6) is -0.768. The lowest BCUT2D eigenvalue weighted by molar-refractivity contribution is -0.137. The van der Waals surface area contributed by atoms with E-state index in [2.05, 4.69) is 5.32 Å². The van der Waals surface area contributed by atoms with Crippen LogP contribution in [0.2, 0.25) is 0 Å². The van der Waals surface area contributed by atoms with Crippen LogP contribution in [0.3, 0.4) is 0 Å². The van der Waals surface area contributed by atoms with Gasteiger partial charge in [-0.3, -0.25) is 4.79 Å². The van der Waals surface area contributed by atoms with Crippen molar-refractivity contribution in [2.45, 2.75) is 12.6 Å². The second-order valence-corrected chi connectivity index (χ2v) is 7.04. The molecule has 3 rings (SSSR count). The largest absolute Gasteiger partial charge is 0.496 e. The minimum atomic E-state index is -4.56. The van der Waals surface area contributed by atoms with Crippen molar-refractivity contribution in [1.29, 1.82) is 5.26 Å². The summed E-state index contributed by atoms with van der Waals surface area (Å²) in [6.07, 6.45) is -2.99. The fraction of sp³-hybridized carbons (Fsp3) is 0.120. The Labute approximate surface area is 187 Å². The zero-order valence-electron chi connectivity index (χ0n) is 17.4. The predicted molar refractivity (Wildman–Crippen MR) is 116 cm³/mol. The minimum absolute atomic E-state index is 0.0891. The molecule has 1 amide bonds. The van der Waals surface area contributed by atoms with Crippen LogP contribution in [-0.2, 0) is 17.4 Å². The summed E-state index contributed by atoms with van der Waals surface area (Å²) in [5, 5.41) is 11.7. The fourth-order valence-corrected chi connectivity index (χ4v) is 3.13. The quantitative estimate of drug-likeness (QED) is 0.283. The molecule has 4 nitrogen and oxygen atoms in total. The third kappa shape index (κ3) is 5.98. The molecule has 1 N–H and O–H groups in total. The van der Waals surface area contributed by atoms with Crippen molar-refractivity contribution in [2.75, 3.05) is 12.4 Å². The molecule has 0 aromatic heterocycles. The molecule has 168 valence electrons. The molecule has 0 saturated heterocycles. The summed E-state index contributed by atoms with van der Waals surface area (Å²) < 4.78 is 58.0. The lowest BCUT2D eigenvalue weighted by Gasteiger charge is -2.11. The summed E-state index contributed by atoms with van der Waals surface area (Å²) in [7, 11) is 1.44.